The third-order valence-electron chi connectivity index (χ3n) is 3.27. The number of amides is 1. The summed E-state index contributed by atoms with van der Waals surface area (Å²) in [6, 6.07) is 5.60. The molecule has 0 spiro atoms. The number of alkyl halides is 3. The molecule has 10 heteroatoms. The standard InChI is InChI=1S/C13H10F4N4OS/c14-8-2-1-3-9(6-8)21-5-4-20(7-10(21)22)12-19-18-11(23-12)13(15,16)17/h1-3,6H,4-5,7H2. The molecule has 1 saturated heterocycles. The van der Waals surface area contributed by atoms with Crippen LogP contribution in [0.25, 0.3) is 0 Å². The third-order valence-corrected chi connectivity index (χ3v) is 4.30. The number of hydrogen-bond donors (Lipinski definition) is 0. The SMILES string of the molecule is O=C1CN(c2nnc(C(F)(F)F)s2)CCN1c1cccc(F)c1. The Labute approximate surface area is 132 Å². The van der Waals surface area contributed by atoms with E-state index in [4.69, 9.17) is 0 Å². The highest BCUT2D eigenvalue weighted by atomic mass is 32.1. The number of benzene rings is 1. The minimum absolute atomic E-state index is 0.0459. The second-order valence-electron chi connectivity index (χ2n) is 4.83. The molecule has 0 atom stereocenters. The molecule has 5 nitrogen and oxygen atoms in total. The Kier molecular flexibility index (Phi) is 3.92. The van der Waals surface area contributed by atoms with Crippen molar-refractivity contribution >= 4 is 28.1 Å². The van der Waals surface area contributed by atoms with Gasteiger partial charge in [0.2, 0.25) is 16.0 Å². The Morgan fingerprint density at radius 1 is 1.17 bits per heavy atom. The number of carbonyl (C=O) groups is 1. The van der Waals surface area contributed by atoms with Crippen LogP contribution >= 0.6 is 11.3 Å². The van der Waals surface area contributed by atoms with Gasteiger partial charge in [-0.25, -0.2) is 4.39 Å². The molecule has 1 aliphatic rings. The molecule has 1 aromatic heterocycles. The lowest BCUT2D eigenvalue weighted by atomic mass is 10.2. The normalized spacial score (nSPS) is 16.1. The molecular weight excluding hydrogens is 336 g/mol. The van der Waals surface area contributed by atoms with Crippen LogP contribution in [0.3, 0.4) is 0 Å². The van der Waals surface area contributed by atoms with Gasteiger partial charge in [0.05, 0.1) is 6.54 Å². The smallest absolute Gasteiger partial charge is 0.336 e. The highest BCUT2D eigenvalue weighted by molar-refractivity contribution is 7.15. The summed E-state index contributed by atoms with van der Waals surface area (Å²) in [5, 5.41) is 5.60. The summed E-state index contributed by atoms with van der Waals surface area (Å²) in [7, 11) is 0. The summed E-state index contributed by atoms with van der Waals surface area (Å²) in [4.78, 5) is 15.0. The van der Waals surface area contributed by atoms with E-state index in [1.165, 1.54) is 28.0 Å². The van der Waals surface area contributed by atoms with Crippen molar-refractivity contribution in [2.45, 2.75) is 6.18 Å². The van der Waals surface area contributed by atoms with Gasteiger partial charge in [0.25, 0.3) is 0 Å². The van der Waals surface area contributed by atoms with E-state index >= 15 is 0 Å². The van der Waals surface area contributed by atoms with Crippen molar-refractivity contribution < 1.29 is 22.4 Å². The average Bonchev–Trinajstić information content (AvgIpc) is 2.97. The fraction of sp³-hybridized carbons (Fsp3) is 0.308. The van der Waals surface area contributed by atoms with Crippen LogP contribution in [0.4, 0.5) is 28.4 Å². The van der Waals surface area contributed by atoms with Gasteiger partial charge in [-0.1, -0.05) is 17.4 Å². The quantitative estimate of drug-likeness (QED) is 0.784. The van der Waals surface area contributed by atoms with Crippen molar-refractivity contribution in [3.8, 4) is 0 Å². The number of carbonyl (C=O) groups excluding carboxylic acids is 1. The summed E-state index contributed by atoms with van der Waals surface area (Å²) in [6.07, 6.45) is -4.55. The molecule has 0 saturated carbocycles. The van der Waals surface area contributed by atoms with E-state index in [2.05, 4.69) is 10.2 Å². The van der Waals surface area contributed by atoms with E-state index in [1.807, 2.05) is 0 Å². The van der Waals surface area contributed by atoms with Crippen molar-refractivity contribution in [2.24, 2.45) is 0 Å². The van der Waals surface area contributed by atoms with Gasteiger partial charge in [0.1, 0.15) is 5.82 Å². The largest absolute Gasteiger partial charge is 0.445 e. The van der Waals surface area contributed by atoms with Gasteiger partial charge in [-0.15, -0.1) is 10.2 Å². The van der Waals surface area contributed by atoms with Gasteiger partial charge in [-0.2, -0.15) is 13.2 Å². The number of aromatic nitrogens is 2. The molecule has 3 rings (SSSR count). The van der Waals surface area contributed by atoms with Crippen molar-refractivity contribution in [2.75, 3.05) is 29.4 Å². The monoisotopic (exact) mass is 346 g/mol. The summed E-state index contributed by atoms with van der Waals surface area (Å²) in [5.41, 5.74) is 0.419. The maximum atomic E-state index is 13.2. The molecular formula is C13H10F4N4OS. The second-order valence-corrected chi connectivity index (χ2v) is 5.79. The first kappa shape index (κ1) is 15.7. The van der Waals surface area contributed by atoms with Crippen LogP contribution in [0.15, 0.2) is 24.3 Å². The van der Waals surface area contributed by atoms with E-state index in [1.54, 1.807) is 6.07 Å². The Balaban J connectivity index is 1.74. The first-order chi connectivity index (χ1) is 10.8. The molecule has 122 valence electrons. The number of piperazine rings is 1. The summed E-state index contributed by atoms with van der Waals surface area (Å²) >= 11 is 0.396. The van der Waals surface area contributed by atoms with Crippen molar-refractivity contribution in [3.63, 3.8) is 0 Å². The van der Waals surface area contributed by atoms with Gasteiger partial charge >= 0.3 is 6.18 Å². The summed E-state index contributed by atoms with van der Waals surface area (Å²) in [5.74, 6) is -0.803. The predicted molar refractivity (Wildman–Crippen MR) is 75.9 cm³/mol. The van der Waals surface area contributed by atoms with Crippen LogP contribution in [0.1, 0.15) is 5.01 Å². The van der Waals surface area contributed by atoms with E-state index in [9.17, 15) is 22.4 Å². The number of anilines is 2. The molecule has 0 radical (unpaired) electrons. The Bertz CT molecular complexity index is 733. The van der Waals surface area contributed by atoms with Crippen LogP contribution in [-0.2, 0) is 11.0 Å². The highest BCUT2D eigenvalue weighted by Crippen LogP contribution is 2.34. The van der Waals surface area contributed by atoms with Gasteiger partial charge in [0.15, 0.2) is 0 Å². The second kappa shape index (κ2) is 5.76. The highest BCUT2D eigenvalue weighted by Gasteiger charge is 2.37. The fourth-order valence-corrected chi connectivity index (χ4v) is 2.95. The Morgan fingerprint density at radius 3 is 2.57 bits per heavy atom. The van der Waals surface area contributed by atoms with Crippen LogP contribution < -0.4 is 9.80 Å². The maximum Gasteiger partial charge on any atom is 0.445 e. The van der Waals surface area contributed by atoms with Crippen LogP contribution in [0.2, 0.25) is 0 Å². The summed E-state index contributed by atoms with van der Waals surface area (Å²) in [6.45, 7) is 0.376. The molecule has 1 amide bonds. The minimum Gasteiger partial charge on any atom is -0.336 e. The number of hydrogen-bond acceptors (Lipinski definition) is 5. The van der Waals surface area contributed by atoms with Crippen LogP contribution in [0.5, 0.6) is 0 Å². The van der Waals surface area contributed by atoms with Gasteiger partial charge < -0.3 is 9.80 Å². The average molecular weight is 346 g/mol. The first-order valence-corrected chi connectivity index (χ1v) is 7.38. The number of halogens is 4. The van der Waals surface area contributed by atoms with E-state index in [0.29, 0.717) is 17.0 Å². The minimum atomic E-state index is -4.55. The fourth-order valence-electron chi connectivity index (χ4n) is 2.21. The molecule has 1 fully saturated rings. The van der Waals surface area contributed by atoms with Crippen LogP contribution in [-0.4, -0.2) is 35.7 Å². The zero-order chi connectivity index (χ0) is 16.6. The molecule has 0 bridgehead atoms. The number of rotatable bonds is 2. The van der Waals surface area contributed by atoms with E-state index in [0.717, 1.165) is 0 Å². The molecule has 2 heterocycles. The molecule has 0 aliphatic carbocycles. The molecule has 0 unspecified atom stereocenters. The Morgan fingerprint density at radius 2 is 1.96 bits per heavy atom. The van der Waals surface area contributed by atoms with Crippen molar-refractivity contribution in [3.05, 3.63) is 35.1 Å². The molecule has 23 heavy (non-hydrogen) atoms. The lowest BCUT2D eigenvalue weighted by molar-refractivity contribution is -0.138. The van der Waals surface area contributed by atoms with Gasteiger partial charge in [0, 0.05) is 18.8 Å². The zero-order valence-electron chi connectivity index (χ0n) is 11.5. The van der Waals surface area contributed by atoms with Crippen LogP contribution in [0, 0.1) is 5.82 Å². The summed E-state index contributed by atoms with van der Waals surface area (Å²) < 4.78 is 50.9. The maximum absolute atomic E-state index is 13.2. The van der Waals surface area contributed by atoms with Gasteiger partial charge in [-0.05, 0) is 18.2 Å². The third kappa shape index (κ3) is 3.26. The molecule has 2 aromatic rings. The molecule has 0 N–H and O–H groups in total. The van der Waals surface area contributed by atoms with E-state index < -0.39 is 17.0 Å². The first-order valence-electron chi connectivity index (χ1n) is 6.56. The topological polar surface area (TPSA) is 49.3 Å². The Hall–Kier alpha value is -2.23. The molecule has 1 aliphatic heterocycles. The van der Waals surface area contributed by atoms with Crippen molar-refractivity contribution in [1.29, 1.82) is 0 Å². The predicted octanol–water partition coefficient (Wildman–Crippen LogP) is 2.55. The molecule has 1 aromatic carbocycles. The van der Waals surface area contributed by atoms with E-state index in [-0.39, 0.29) is 30.7 Å². The van der Waals surface area contributed by atoms with Crippen molar-refractivity contribution in [1.82, 2.24) is 10.2 Å². The lowest BCUT2D eigenvalue weighted by Crippen LogP contribution is -2.50. The van der Waals surface area contributed by atoms with Gasteiger partial charge in [-0.3, -0.25) is 4.79 Å². The zero-order valence-corrected chi connectivity index (χ0v) is 12.4. The lowest BCUT2D eigenvalue weighted by Gasteiger charge is -2.33. The number of nitrogens with zero attached hydrogens (tertiary/aromatic N) is 4.